The number of rotatable bonds is 5. The second kappa shape index (κ2) is 9.10. The monoisotopic (exact) mass is 287 g/mol. The van der Waals surface area contributed by atoms with E-state index in [1.54, 1.807) is 6.07 Å². The normalized spacial score (nSPS) is 11.6. The van der Waals surface area contributed by atoms with Crippen molar-refractivity contribution in [2.24, 2.45) is 23.1 Å². The summed E-state index contributed by atoms with van der Waals surface area (Å²) in [5, 5.41) is 1.95. The second-order valence-electron chi connectivity index (χ2n) is 5.16. The van der Waals surface area contributed by atoms with Gasteiger partial charge in [-0.3, -0.25) is 4.79 Å². The first kappa shape index (κ1) is 17.1. The molecule has 0 aliphatic carbocycles. The molecule has 0 bridgehead atoms. The van der Waals surface area contributed by atoms with Crippen LogP contribution >= 0.6 is 0 Å². The number of amides is 1. The van der Waals surface area contributed by atoms with Gasteiger partial charge in [0.2, 0.25) is 5.91 Å². The molecule has 0 saturated heterocycles. The molecule has 4 nitrogen and oxygen atoms in total. The summed E-state index contributed by atoms with van der Waals surface area (Å²) in [5.74, 6) is 0.273. The fraction of sp³-hybridized carbons (Fsp3) is 0.353. The van der Waals surface area contributed by atoms with Crippen LogP contribution in [0.3, 0.4) is 0 Å². The summed E-state index contributed by atoms with van der Waals surface area (Å²) in [6.07, 6.45) is 2.28. The van der Waals surface area contributed by atoms with E-state index >= 15 is 0 Å². The van der Waals surface area contributed by atoms with E-state index in [2.05, 4.69) is 6.92 Å². The third-order valence-corrected chi connectivity index (χ3v) is 3.36. The third-order valence-electron chi connectivity index (χ3n) is 3.36. The molecule has 0 spiro atoms. The van der Waals surface area contributed by atoms with Crippen LogP contribution in [0.25, 0.3) is 10.8 Å². The molecule has 4 heteroatoms. The first-order chi connectivity index (χ1) is 10.1. The van der Waals surface area contributed by atoms with E-state index in [1.165, 1.54) is 6.42 Å². The minimum Gasteiger partial charge on any atom is -0.366 e. The van der Waals surface area contributed by atoms with E-state index in [-0.39, 0.29) is 5.91 Å². The Morgan fingerprint density at radius 2 is 1.76 bits per heavy atom. The smallest absolute Gasteiger partial charge is 0.249 e. The molecule has 2 aromatic rings. The van der Waals surface area contributed by atoms with Crippen LogP contribution in [-0.2, 0) is 0 Å². The van der Waals surface area contributed by atoms with Gasteiger partial charge in [-0.2, -0.15) is 0 Å². The Labute approximate surface area is 126 Å². The van der Waals surface area contributed by atoms with Gasteiger partial charge in [-0.25, -0.2) is 0 Å². The van der Waals surface area contributed by atoms with Crippen LogP contribution < -0.4 is 17.2 Å². The van der Waals surface area contributed by atoms with Gasteiger partial charge in [0.05, 0.1) is 0 Å². The number of carbonyl (C=O) groups excluding carboxylic acids is 1. The van der Waals surface area contributed by atoms with Gasteiger partial charge in [-0.05, 0) is 48.7 Å². The summed E-state index contributed by atoms with van der Waals surface area (Å²) in [5.41, 5.74) is 16.5. The quantitative estimate of drug-likeness (QED) is 0.787. The maximum absolute atomic E-state index is 11.0. The van der Waals surface area contributed by atoms with Crippen molar-refractivity contribution in [3.63, 3.8) is 0 Å². The van der Waals surface area contributed by atoms with Gasteiger partial charge < -0.3 is 17.2 Å². The van der Waals surface area contributed by atoms with Crippen molar-refractivity contribution in [3.05, 3.63) is 48.0 Å². The topological polar surface area (TPSA) is 95.1 Å². The van der Waals surface area contributed by atoms with Crippen LogP contribution in [0.1, 0.15) is 30.1 Å². The first-order valence-corrected chi connectivity index (χ1v) is 7.27. The van der Waals surface area contributed by atoms with Crippen molar-refractivity contribution >= 4 is 16.7 Å². The highest BCUT2D eigenvalue weighted by atomic mass is 16.1. The molecule has 1 unspecified atom stereocenters. The highest BCUT2D eigenvalue weighted by Gasteiger charge is 2.03. The summed E-state index contributed by atoms with van der Waals surface area (Å²) >= 11 is 0. The lowest BCUT2D eigenvalue weighted by molar-refractivity contribution is 0.100. The molecule has 0 aliphatic rings. The molecule has 114 valence electrons. The Morgan fingerprint density at radius 3 is 2.38 bits per heavy atom. The average Bonchev–Trinajstić information content (AvgIpc) is 2.52. The number of fused-ring (bicyclic) bond motifs is 1. The maximum Gasteiger partial charge on any atom is 0.249 e. The van der Waals surface area contributed by atoms with E-state index in [4.69, 9.17) is 17.2 Å². The predicted molar refractivity (Wildman–Crippen MR) is 89.0 cm³/mol. The summed E-state index contributed by atoms with van der Waals surface area (Å²) < 4.78 is 0. The van der Waals surface area contributed by atoms with Crippen LogP contribution in [0.5, 0.6) is 0 Å². The van der Waals surface area contributed by atoms with E-state index in [9.17, 15) is 4.79 Å². The molecule has 1 atom stereocenters. The molecular weight excluding hydrogens is 262 g/mol. The van der Waals surface area contributed by atoms with Crippen molar-refractivity contribution in [1.82, 2.24) is 0 Å². The minimum absolute atomic E-state index is 0.378. The summed E-state index contributed by atoms with van der Waals surface area (Å²) in [7, 11) is 0. The van der Waals surface area contributed by atoms with Crippen LogP contribution in [-0.4, -0.2) is 19.0 Å². The van der Waals surface area contributed by atoms with Gasteiger partial charge in [-0.1, -0.05) is 43.3 Å². The Bertz CT molecular complexity index is 563. The van der Waals surface area contributed by atoms with Gasteiger partial charge in [0.25, 0.3) is 0 Å². The van der Waals surface area contributed by atoms with Crippen LogP contribution in [0.2, 0.25) is 0 Å². The molecular formula is C17H25N3O. The van der Waals surface area contributed by atoms with Crippen molar-refractivity contribution in [1.29, 1.82) is 0 Å². The standard InChI is InChI=1S/C11H9NO.C6H16N2/c12-11(13)10-7-3-5-8-4-1-2-6-9(8)10;1-6(5-8)3-2-4-7/h1-7H,(H2,12,13);6H,2-5,7-8H2,1H3. The lowest BCUT2D eigenvalue weighted by Crippen LogP contribution is -2.12. The van der Waals surface area contributed by atoms with Crippen molar-refractivity contribution in [2.45, 2.75) is 19.8 Å². The zero-order valence-corrected chi connectivity index (χ0v) is 12.6. The molecule has 0 radical (unpaired) electrons. The fourth-order valence-corrected chi connectivity index (χ4v) is 2.02. The number of hydrogen-bond donors (Lipinski definition) is 3. The Hall–Kier alpha value is -1.91. The lowest BCUT2D eigenvalue weighted by atomic mass is 10.0. The molecule has 1 amide bonds. The predicted octanol–water partition coefficient (Wildman–Crippen LogP) is 2.26. The molecule has 0 heterocycles. The summed E-state index contributed by atoms with van der Waals surface area (Å²) in [4.78, 5) is 11.0. The van der Waals surface area contributed by atoms with Crippen LogP contribution in [0, 0.1) is 5.92 Å². The number of nitrogens with two attached hydrogens (primary N) is 3. The van der Waals surface area contributed by atoms with Crippen LogP contribution in [0.4, 0.5) is 0 Å². The second-order valence-corrected chi connectivity index (χ2v) is 5.16. The number of primary amides is 1. The maximum atomic E-state index is 11.0. The van der Waals surface area contributed by atoms with E-state index in [0.717, 1.165) is 30.3 Å². The van der Waals surface area contributed by atoms with Crippen molar-refractivity contribution < 1.29 is 4.79 Å². The fourth-order valence-electron chi connectivity index (χ4n) is 2.02. The minimum atomic E-state index is -0.378. The molecule has 0 fully saturated rings. The molecule has 2 aromatic carbocycles. The molecule has 0 aliphatic heterocycles. The first-order valence-electron chi connectivity index (χ1n) is 7.27. The van der Waals surface area contributed by atoms with Gasteiger partial charge >= 0.3 is 0 Å². The molecule has 6 N–H and O–H groups in total. The van der Waals surface area contributed by atoms with Gasteiger partial charge in [0.1, 0.15) is 0 Å². The number of benzene rings is 2. The number of hydrogen-bond acceptors (Lipinski definition) is 3. The zero-order valence-electron chi connectivity index (χ0n) is 12.6. The van der Waals surface area contributed by atoms with Crippen molar-refractivity contribution in [2.75, 3.05) is 13.1 Å². The Kier molecular flexibility index (Phi) is 7.43. The largest absolute Gasteiger partial charge is 0.366 e. The molecule has 21 heavy (non-hydrogen) atoms. The zero-order chi connectivity index (χ0) is 15.7. The van der Waals surface area contributed by atoms with E-state index in [0.29, 0.717) is 11.5 Å². The van der Waals surface area contributed by atoms with Crippen LogP contribution in [0.15, 0.2) is 42.5 Å². The van der Waals surface area contributed by atoms with Gasteiger partial charge in [-0.15, -0.1) is 0 Å². The highest BCUT2D eigenvalue weighted by Crippen LogP contribution is 2.17. The summed E-state index contributed by atoms with van der Waals surface area (Å²) in [6.45, 7) is 3.74. The third kappa shape index (κ3) is 5.53. The summed E-state index contributed by atoms with van der Waals surface area (Å²) in [6, 6.07) is 13.2. The van der Waals surface area contributed by atoms with Gasteiger partial charge in [0, 0.05) is 5.56 Å². The number of carbonyl (C=O) groups is 1. The lowest BCUT2D eigenvalue weighted by Gasteiger charge is -2.04. The Morgan fingerprint density at radius 1 is 1.10 bits per heavy atom. The highest BCUT2D eigenvalue weighted by molar-refractivity contribution is 6.06. The van der Waals surface area contributed by atoms with E-state index < -0.39 is 0 Å². The van der Waals surface area contributed by atoms with E-state index in [1.807, 2.05) is 36.4 Å². The molecule has 0 aromatic heterocycles. The average molecular weight is 287 g/mol. The Balaban J connectivity index is 0.000000240. The molecule has 0 saturated carbocycles. The van der Waals surface area contributed by atoms with Crippen molar-refractivity contribution in [3.8, 4) is 0 Å². The van der Waals surface area contributed by atoms with Gasteiger partial charge in [0.15, 0.2) is 0 Å². The SMILES string of the molecule is CC(CN)CCCN.NC(=O)c1cccc2ccccc12. The molecule has 2 rings (SSSR count).